The van der Waals surface area contributed by atoms with Crippen molar-refractivity contribution < 1.29 is 22.7 Å². The fourth-order valence-electron chi connectivity index (χ4n) is 2.99. The highest BCUT2D eigenvalue weighted by Crippen LogP contribution is 2.35. The maximum atomic E-state index is 12.5. The van der Waals surface area contributed by atoms with Crippen molar-refractivity contribution in [3.05, 3.63) is 48.0 Å². The Labute approximate surface area is 158 Å². The first-order chi connectivity index (χ1) is 12.9. The number of hydrogen-bond donors (Lipinski definition) is 1. The Morgan fingerprint density at radius 3 is 2.59 bits per heavy atom. The Morgan fingerprint density at radius 2 is 1.89 bits per heavy atom. The van der Waals surface area contributed by atoms with Gasteiger partial charge in [0.2, 0.25) is 10.0 Å². The van der Waals surface area contributed by atoms with Crippen LogP contribution in [0.15, 0.2) is 42.5 Å². The van der Waals surface area contributed by atoms with Crippen LogP contribution in [0.2, 0.25) is 0 Å². The number of anilines is 2. The number of carbonyl (C=O) groups is 1. The molecule has 2 aromatic carbocycles. The summed E-state index contributed by atoms with van der Waals surface area (Å²) in [5, 5.41) is 2.79. The van der Waals surface area contributed by atoms with E-state index >= 15 is 0 Å². The SMILES string of the molecule is COc1cccc(C(=O)Nc2ccc(N3CCCCS3(=O)=O)c(OC)c2)c1. The van der Waals surface area contributed by atoms with Gasteiger partial charge in [0.1, 0.15) is 11.5 Å². The van der Waals surface area contributed by atoms with Gasteiger partial charge in [-0.3, -0.25) is 9.10 Å². The van der Waals surface area contributed by atoms with Crippen LogP contribution in [0.3, 0.4) is 0 Å². The molecule has 1 saturated heterocycles. The second-order valence-corrected chi connectivity index (χ2v) is 8.18. The molecule has 1 aliphatic heterocycles. The third kappa shape index (κ3) is 4.16. The molecule has 0 unspecified atom stereocenters. The molecule has 0 bridgehead atoms. The molecule has 7 nitrogen and oxygen atoms in total. The predicted octanol–water partition coefficient (Wildman–Crippen LogP) is 2.89. The number of nitrogens with one attached hydrogen (secondary N) is 1. The van der Waals surface area contributed by atoms with Crippen molar-refractivity contribution in [2.75, 3.05) is 36.1 Å². The summed E-state index contributed by atoms with van der Waals surface area (Å²) < 4.78 is 36.6. The van der Waals surface area contributed by atoms with E-state index in [9.17, 15) is 13.2 Å². The Morgan fingerprint density at radius 1 is 1.07 bits per heavy atom. The summed E-state index contributed by atoms with van der Waals surface area (Å²) in [6, 6.07) is 11.8. The summed E-state index contributed by atoms with van der Waals surface area (Å²) in [6.07, 6.45) is 1.46. The Balaban J connectivity index is 1.84. The molecule has 0 saturated carbocycles. The maximum Gasteiger partial charge on any atom is 0.255 e. The van der Waals surface area contributed by atoms with Crippen molar-refractivity contribution in [3.63, 3.8) is 0 Å². The molecule has 0 aliphatic carbocycles. The average Bonchev–Trinajstić information content (AvgIpc) is 2.68. The highest BCUT2D eigenvalue weighted by Gasteiger charge is 2.28. The molecule has 0 radical (unpaired) electrons. The number of carbonyl (C=O) groups excluding carboxylic acids is 1. The minimum Gasteiger partial charge on any atom is -0.497 e. The van der Waals surface area contributed by atoms with Gasteiger partial charge >= 0.3 is 0 Å². The van der Waals surface area contributed by atoms with E-state index in [4.69, 9.17) is 9.47 Å². The monoisotopic (exact) mass is 390 g/mol. The summed E-state index contributed by atoms with van der Waals surface area (Å²) in [6.45, 7) is 0.425. The van der Waals surface area contributed by atoms with Crippen molar-refractivity contribution >= 4 is 27.3 Å². The van der Waals surface area contributed by atoms with Crippen LogP contribution >= 0.6 is 0 Å². The van der Waals surface area contributed by atoms with E-state index in [0.717, 1.165) is 6.42 Å². The van der Waals surface area contributed by atoms with Gasteiger partial charge in [-0.25, -0.2) is 8.42 Å². The van der Waals surface area contributed by atoms with Gasteiger partial charge in [-0.2, -0.15) is 0 Å². The van der Waals surface area contributed by atoms with E-state index in [1.807, 2.05) is 0 Å². The molecule has 8 heteroatoms. The molecule has 1 fully saturated rings. The molecule has 27 heavy (non-hydrogen) atoms. The van der Waals surface area contributed by atoms with E-state index in [0.29, 0.717) is 41.4 Å². The van der Waals surface area contributed by atoms with Crippen molar-refractivity contribution in [1.82, 2.24) is 0 Å². The van der Waals surface area contributed by atoms with Crippen LogP contribution in [0.5, 0.6) is 11.5 Å². The highest BCUT2D eigenvalue weighted by atomic mass is 32.2. The molecule has 2 aromatic rings. The van der Waals surface area contributed by atoms with Crippen molar-refractivity contribution in [3.8, 4) is 11.5 Å². The zero-order chi connectivity index (χ0) is 19.4. The average molecular weight is 390 g/mol. The number of ether oxygens (including phenoxy) is 2. The molecular weight excluding hydrogens is 368 g/mol. The second kappa shape index (κ2) is 7.87. The van der Waals surface area contributed by atoms with Crippen LogP contribution < -0.4 is 19.1 Å². The van der Waals surface area contributed by atoms with Gasteiger partial charge in [0, 0.05) is 23.9 Å². The summed E-state index contributed by atoms with van der Waals surface area (Å²) >= 11 is 0. The topological polar surface area (TPSA) is 84.9 Å². The van der Waals surface area contributed by atoms with Gasteiger partial charge in [-0.15, -0.1) is 0 Å². The van der Waals surface area contributed by atoms with E-state index in [2.05, 4.69) is 5.32 Å². The molecule has 0 aromatic heterocycles. The van der Waals surface area contributed by atoms with Crippen LogP contribution in [-0.4, -0.2) is 40.8 Å². The molecular formula is C19H22N2O5S. The molecule has 0 atom stereocenters. The van der Waals surface area contributed by atoms with E-state index in [1.165, 1.54) is 18.5 Å². The lowest BCUT2D eigenvalue weighted by Gasteiger charge is -2.29. The quantitative estimate of drug-likeness (QED) is 0.849. The van der Waals surface area contributed by atoms with Gasteiger partial charge in [-0.1, -0.05) is 6.07 Å². The predicted molar refractivity (Wildman–Crippen MR) is 104 cm³/mol. The summed E-state index contributed by atoms with van der Waals surface area (Å²) in [5.74, 6) is 0.814. The third-order valence-corrected chi connectivity index (χ3v) is 6.24. The molecule has 1 aliphatic rings. The third-order valence-electron chi connectivity index (χ3n) is 4.39. The summed E-state index contributed by atoms with van der Waals surface area (Å²) in [7, 11) is -0.331. The minimum absolute atomic E-state index is 0.129. The molecule has 1 amide bonds. The highest BCUT2D eigenvalue weighted by molar-refractivity contribution is 7.92. The Hall–Kier alpha value is -2.74. The lowest BCUT2D eigenvalue weighted by atomic mass is 10.2. The number of sulfonamides is 1. The molecule has 3 rings (SSSR count). The fourth-order valence-corrected chi connectivity index (χ4v) is 4.64. The smallest absolute Gasteiger partial charge is 0.255 e. The van der Waals surface area contributed by atoms with Crippen LogP contribution in [0, 0.1) is 0 Å². The summed E-state index contributed by atoms with van der Waals surface area (Å²) in [5.41, 5.74) is 1.45. The van der Waals surface area contributed by atoms with E-state index in [-0.39, 0.29) is 11.7 Å². The number of benzene rings is 2. The normalized spacial score (nSPS) is 15.9. The number of rotatable bonds is 5. The fraction of sp³-hybridized carbons (Fsp3) is 0.316. The van der Waals surface area contributed by atoms with E-state index < -0.39 is 10.0 Å². The number of methoxy groups -OCH3 is 2. The summed E-state index contributed by atoms with van der Waals surface area (Å²) in [4.78, 5) is 12.5. The molecule has 144 valence electrons. The van der Waals surface area contributed by atoms with Gasteiger partial charge in [0.25, 0.3) is 5.91 Å². The van der Waals surface area contributed by atoms with Crippen LogP contribution in [0.25, 0.3) is 0 Å². The van der Waals surface area contributed by atoms with Gasteiger partial charge in [-0.05, 0) is 43.2 Å². The van der Waals surface area contributed by atoms with Gasteiger partial charge < -0.3 is 14.8 Å². The Kier molecular flexibility index (Phi) is 5.55. The molecule has 1 heterocycles. The molecule has 0 spiro atoms. The maximum absolute atomic E-state index is 12.5. The zero-order valence-electron chi connectivity index (χ0n) is 15.3. The number of amides is 1. The largest absolute Gasteiger partial charge is 0.497 e. The first kappa shape index (κ1) is 19.0. The van der Waals surface area contributed by atoms with Crippen LogP contribution in [0.1, 0.15) is 23.2 Å². The van der Waals surface area contributed by atoms with Crippen molar-refractivity contribution in [2.24, 2.45) is 0 Å². The first-order valence-corrected chi connectivity index (χ1v) is 10.2. The van der Waals surface area contributed by atoms with Crippen molar-refractivity contribution in [2.45, 2.75) is 12.8 Å². The Bertz CT molecular complexity index is 943. The number of nitrogens with zero attached hydrogens (tertiary/aromatic N) is 1. The molecule has 1 N–H and O–H groups in total. The minimum atomic E-state index is -3.34. The first-order valence-electron chi connectivity index (χ1n) is 8.58. The standard InChI is InChI=1S/C19H22N2O5S/c1-25-16-7-5-6-14(12-16)19(22)20-15-8-9-17(18(13-15)26-2)21-10-3-4-11-27(21,23)24/h5-9,12-13H,3-4,10-11H2,1-2H3,(H,20,22). The van der Waals surface area contributed by atoms with Crippen LogP contribution in [-0.2, 0) is 10.0 Å². The van der Waals surface area contributed by atoms with Gasteiger partial charge in [0.15, 0.2) is 0 Å². The van der Waals surface area contributed by atoms with Crippen molar-refractivity contribution in [1.29, 1.82) is 0 Å². The zero-order valence-corrected chi connectivity index (χ0v) is 16.1. The van der Waals surface area contributed by atoms with Gasteiger partial charge in [0.05, 0.1) is 25.7 Å². The second-order valence-electron chi connectivity index (χ2n) is 6.17. The van der Waals surface area contributed by atoms with E-state index in [1.54, 1.807) is 42.5 Å². The van der Waals surface area contributed by atoms with Crippen LogP contribution in [0.4, 0.5) is 11.4 Å². The lowest BCUT2D eigenvalue weighted by Crippen LogP contribution is -2.38. The lowest BCUT2D eigenvalue weighted by molar-refractivity contribution is 0.102. The number of hydrogen-bond acceptors (Lipinski definition) is 5.